The minimum atomic E-state index is 0.112. The van der Waals surface area contributed by atoms with Crippen molar-refractivity contribution in [3.05, 3.63) is 33.4 Å². The van der Waals surface area contributed by atoms with Crippen LogP contribution in [-0.2, 0) is 13.6 Å². The van der Waals surface area contributed by atoms with E-state index >= 15 is 0 Å². The Kier molecular flexibility index (Phi) is 3.92. The number of piperidine rings is 1. The third-order valence-corrected chi connectivity index (χ3v) is 5.30. The molecule has 0 unspecified atom stereocenters. The van der Waals surface area contributed by atoms with Crippen molar-refractivity contribution in [1.29, 1.82) is 0 Å². The van der Waals surface area contributed by atoms with Gasteiger partial charge in [0.2, 0.25) is 0 Å². The van der Waals surface area contributed by atoms with E-state index in [-0.39, 0.29) is 4.87 Å². The summed E-state index contributed by atoms with van der Waals surface area (Å²) in [6, 6.07) is 6.37. The number of hydrogen-bond acceptors (Lipinski definition) is 4. The van der Waals surface area contributed by atoms with Crippen molar-refractivity contribution in [1.82, 2.24) is 9.47 Å². The zero-order valence-electron chi connectivity index (χ0n) is 11.8. The average molecular weight is 291 g/mol. The third-order valence-electron chi connectivity index (χ3n) is 4.30. The number of aryl methyl sites for hydroxylation is 1. The van der Waals surface area contributed by atoms with Gasteiger partial charge in [-0.2, -0.15) is 0 Å². The summed E-state index contributed by atoms with van der Waals surface area (Å²) in [6.45, 7) is 4.05. The average Bonchev–Trinajstić information content (AvgIpc) is 2.74. The molecule has 3 rings (SSSR count). The molecule has 1 aromatic heterocycles. The standard InChI is InChI=1S/C15H21N3OS/c1-17-13-3-2-12(8-14(13)20-15(17)19)10-18-6-4-11(9-16)5-7-18/h2-3,8,11H,4-7,9-10,16H2,1H3. The third kappa shape index (κ3) is 2.66. The second-order valence-electron chi connectivity index (χ2n) is 5.68. The van der Waals surface area contributed by atoms with Crippen molar-refractivity contribution in [2.24, 2.45) is 18.7 Å². The fraction of sp³-hybridized carbons (Fsp3) is 0.533. The summed E-state index contributed by atoms with van der Waals surface area (Å²) < 4.78 is 2.81. The van der Waals surface area contributed by atoms with E-state index in [1.165, 1.54) is 29.7 Å². The van der Waals surface area contributed by atoms with E-state index in [0.29, 0.717) is 5.92 Å². The molecule has 4 nitrogen and oxygen atoms in total. The van der Waals surface area contributed by atoms with E-state index in [1.54, 1.807) is 4.57 Å². The summed E-state index contributed by atoms with van der Waals surface area (Å²) >= 11 is 1.33. The van der Waals surface area contributed by atoms with Crippen LogP contribution in [0.25, 0.3) is 10.2 Å². The van der Waals surface area contributed by atoms with Gasteiger partial charge in [-0.05, 0) is 56.1 Å². The molecule has 0 amide bonds. The van der Waals surface area contributed by atoms with Gasteiger partial charge in [-0.3, -0.25) is 9.69 Å². The van der Waals surface area contributed by atoms with E-state index in [2.05, 4.69) is 23.1 Å². The molecule has 0 atom stereocenters. The minimum Gasteiger partial charge on any atom is -0.330 e. The van der Waals surface area contributed by atoms with Gasteiger partial charge >= 0.3 is 4.87 Å². The van der Waals surface area contributed by atoms with Crippen molar-refractivity contribution < 1.29 is 0 Å². The lowest BCUT2D eigenvalue weighted by Crippen LogP contribution is -2.35. The van der Waals surface area contributed by atoms with Gasteiger partial charge in [-0.15, -0.1) is 0 Å². The van der Waals surface area contributed by atoms with E-state index in [0.717, 1.165) is 36.4 Å². The molecule has 0 radical (unpaired) electrons. The van der Waals surface area contributed by atoms with Crippen LogP contribution in [-0.4, -0.2) is 29.1 Å². The maximum Gasteiger partial charge on any atom is 0.307 e. The summed E-state index contributed by atoms with van der Waals surface area (Å²) in [5.41, 5.74) is 8.06. The predicted octanol–water partition coefficient (Wildman–Crippen LogP) is 1.77. The van der Waals surface area contributed by atoms with Crippen LogP contribution in [0.15, 0.2) is 23.0 Å². The predicted molar refractivity (Wildman–Crippen MR) is 84.1 cm³/mol. The van der Waals surface area contributed by atoms with Crippen LogP contribution in [0.2, 0.25) is 0 Å². The SMILES string of the molecule is Cn1c(=O)sc2cc(CN3CCC(CN)CC3)ccc21. The van der Waals surface area contributed by atoms with E-state index in [9.17, 15) is 4.79 Å². The van der Waals surface area contributed by atoms with Crippen molar-refractivity contribution >= 4 is 21.6 Å². The van der Waals surface area contributed by atoms with E-state index < -0.39 is 0 Å². The van der Waals surface area contributed by atoms with Crippen LogP contribution in [0, 0.1) is 5.92 Å². The number of fused-ring (bicyclic) bond motifs is 1. The summed E-state index contributed by atoms with van der Waals surface area (Å²) in [5.74, 6) is 0.702. The minimum absolute atomic E-state index is 0.112. The van der Waals surface area contributed by atoms with Gasteiger partial charge in [-0.25, -0.2) is 0 Å². The maximum absolute atomic E-state index is 11.7. The smallest absolute Gasteiger partial charge is 0.307 e. The Labute approximate surface area is 122 Å². The molecule has 1 saturated heterocycles. The lowest BCUT2D eigenvalue weighted by molar-refractivity contribution is 0.180. The molecule has 108 valence electrons. The fourth-order valence-corrected chi connectivity index (χ4v) is 3.86. The molecule has 1 aliphatic heterocycles. The molecule has 2 N–H and O–H groups in total. The Morgan fingerprint density at radius 3 is 2.80 bits per heavy atom. The molecular formula is C15H21N3OS. The molecule has 5 heteroatoms. The van der Waals surface area contributed by atoms with Crippen molar-refractivity contribution in [3.8, 4) is 0 Å². The zero-order valence-corrected chi connectivity index (χ0v) is 12.7. The molecule has 1 aromatic carbocycles. The Bertz CT molecular complexity index is 653. The molecule has 2 aromatic rings. The molecule has 2 heterocycles. The van der Waals surface area contributed by atoms with Crippen molar-refractivity contribution in [2.45, 2.75) is 19.4 Å². The Morgan fingerprint density at radius 2 is 2.10 bits per heavy atom. The molecule has 0 saturated carbocycles. The highest BCUT2D eigenvalue weighted by atomic mass is 32.1. The molecule has 0 aliphatic carbocycles. The molecule has 1 aliphatic rings. The second-order valence-corrected chi connectivity index (χ2v) is 6.68. The quantitative estimate of drug-likeness (QED) is 0.937. The Morgan fingerprint density at radius 1 is 1.35 bits per heavy atom. The number of hydrogen-bond donors (Lipinski definition) is 1. The first-order valence-electron chi connectivity index (χ1n) is 7.18. The Hall–Kier alpha value is -1.17. The number of benzene rings is 1. The molecule has 0 bridgehead atoms. The van der Waals surface area contributed by atoms with Gasteiger partial charge in [0.05, 0.1) is 10.2 Å². The number of thiazole rings is 1. The number of nitrogens with zero attached hydrogens (tertiary/aromatic N) is 2. The lowest BCUT2D eigenvalue weighted by Gasteiger charge is -2.31. The highest BCUT2D eigenvalue weighted by molar-refractivity contribution is 7.16. The van der Waals surface area contributed by atoms with Gasteiger partial charge in [0.25, 0.3) is 0 Å². The van der Waals surface area contributed by atoms with Gasteiger partial charge in [-0.1, -0.05) is 17.4 Å². The van der Waals surface area contributed by atoms with Gasteiger partial charge in [0, 0.05) is 13.6 Å². The first kappa shape index (κ1) is 13.8. The zero-order chi connectivity index (χ0) is 14.1. The Balaban J connectivity index is 1.73. The van der Waals surface area contributed by atoms with Crippen LogP contribution in [0.3, 0.4) is 0 Å². The van der Waals surface area contributed by atoms with Crippen molar-refractivity contribution in [2.75, 3.05) is 19.6 Å². The first-order chi connectivity index (χ1) is 9.67. The van der Waals surface area contributed by atoms with Gasteiger partial charge < -0.3 is 10.3 Å². The maximum atomic E-state index is 11.7. The van der Waals surface area contributed by atoms with Crippen LogP contribution >= 0.6 is 11.3 Å². The van der Waals surface area contributed by atoms with E-state index in [4.69, 9.17) is 5.73 Å². The van der Waals surface area contributed by atoms with Crippen molar-refractivity contribution in [3.63, 3.8) is 0 Å². The summed E-state index contributed by atoms with van der Waals surface area (Å²) in [4.78, 5) is 14.3. The molecule has 1 fully saturated rings. The monoisotopic (exact) mass is 291 g/mol. The van der Waals surface area contributed by atoms with Crippen LogP contribution in [0.5, 0.6) is 0 Å². The largest absolute Gasteiger partial charge is 0.330 e. The van der Waals surface area contributed by atoms with Crippen LogP contribution in [0.4, 0.5) is 0 Å². The second kappa shape index (κ2) is 5.68. The normalized spacial score (nSPS) is 17.9. The fourth-order valence-electron chi connectivity index (χ4n) is 2.92. The molecular weight excluding hydrogens is 270 g/mol. The van der Waals surface area contributed by atoms with Gasteiger partial charge in [0.1, 0.15) is 0 Å². The molecule has 20 heavy (non-hydrogen) atoms. The highest BCUT2D eigenvalue weighted by Crippen LogP contribution is 2.21. The first-order valence-corrected chi connectivity index (χ1v) is 8.00. The number of rotatable bonds is 3. The van der Waals surface area contributed by atoms with Gasteiger partial charge in [0.15, 0.2) is 0 Å². The summed E-state index contributed by atoms with van der Waals surface area (Å²) in [7, 11) is 1.83. The summed E-state index contributed by atoms with van der Waals surface area (Å²) in [6.07, 6.45) is 2.41. The highest BCUT2D eigenvalue weighted by Gasteiger charge is 2.18. The van der Waals surface area contributed by atoms with E-state index in [1.807, 2.05) is 7.05 Å². The number of nitrogens with two attached hydrogens (primary N) is 1. The number of likely N-dealkylation sites (tertiary alicyclic amines) is 1. The summed E-state index contributed by atoms with van der Waals surface area (Å²) in [5, 5.41) is 0. The molecule has 0 spiro atoms. The van der Waals surface area contributed by atoms with Crippen LogP contribution in [0.1, 0.15) is 18.4 Å². The van der Waals surface area contributed by atoms with Crippen LogP contribution < -0.4 is 10.6 Å². The number of aromatic nitrogens is 1. The topological polar surface area (TPSA) is 51.3 Å². The lowest BCUT2D eigenvalue weighted by atomic mass is 9.97.